The Hall–Kier alpha value is -0.960. The summed E-state index contributed by atoms with van der Waals surface area (Å²) in [6.45, 7) is 3.91. The Balaban J connectivity index is 3.48. The van der Waals surface area contributed by atoms with E-state index in [9.17, 15) is 4.79 Å². The quantitative estimate of drug-likeness (QED) is 0.419. The lowest BCUT2D eigenvalue weighted by atomic mass is 10.2. The molecule has 0 aliphatic heterocycles. The van der Waals surface area contributed by atoms with Crippen molar-refractivity contribution >= 4 is 17.7 Å². The van der Waals surface area contributed by atoms with Crippen molar-refractivity contribution < 1.29 is 9.90 Å². The van der Waals surface area contributed by atoms with Gasteiger partial charge in [0.05, 0.1) is 0 Å². The molecule has 0 heterocycles. The van der Waals surface area contributed by atoms with Crippen LogP contribution in [0.3, 0.4) is 0 Å². The number of unbranched alkanes of at least 4 members (excludes halogenated alkanes) is 3. The first-order valence-electron chi connectivity index (χ1n) is 7.01. The molecule has 0 rings (SSSR count). The number of thioether (sulfide) groups is 1. The van der Waals surface area contributed by atoms with Crippen LogP contribution in [-0.2, 0) is 4.79 Å². The molecule has 0 bridgehead atoms. The van der Waals surface area contributed by atoms with Gasteiger partial charge >= 0.3 is 5.97 Å². The zero-order valence-corrected chi connectivity index (χ0v) is 12.9. The molecule has 0 radical (unpaired) electrons. The normalized spacial score (nSPS) is 13.8. The van der Waals surface area contributed by atoms with Gasteiger partial charge in [0.25, 0.3) is 0 Å². The Kier molecular flexibility index (Phi) is 12.8. The van der Waals surface area contributed by atoms with Crippen molar-refractivity contribution in [3.05, 3.63) is 35.8 Å². The highest BCUT2D eigenvalue weighted by Gasteiger charge is 2.07. The Labute approximate surface area is 121 Å². The molecular formula is C16H26O2S. The minimum atomic E-state index is -0.765. The summed E-state index contributed by atoms with van der Waals surface area (Å²) < 4.78 is 0. The maximum atomic E-state index is 10.6. The van der Waals surface area contributed by atoms with Gasteiger partial charge < -0.3 is 5.11 Å². The maximum absolute atomic E-state index is 10.6. The third-order valence-corrected chi connectivity index (χ3v) is 3.54. The van der Waals surface area contributed by atoms with E-state index >= 15 is 0 Å². The number of carboxylic acids is 1. The van der Waals surface area contributed by atoms with Gasteiger partial charge in [-0.1, -0.05) is 50.1 Å². The first-order valence-corrected chi connectivity index (χ1v) is 7.96. The fraction of sp³-hybridized carbons (Fsp3) is 0.562. The predicted molar refractivity (Wildman–Crippen MR) is 85.5 cm³/mol. The van der Waals surface area contributed by atoms with E-state index in [-0.39, 0.29) is 5.25 Å². The molecule has 108 valence electrons. The van der Waals surface area contributed by atoms with Crippen molar-refractivity contribution in [2.45, 2.75) is 57.6 Å². The average molecular weight is 282 g/mol. The van der Waals surface area contributed by atoms with Crippen LogP contribution >= 0.6 is 11.8 Å². The third kappa shape index (κ3) is 13.3. The number of hydrogen-bond donors (Lipinski definition) is 1. The molecule has 0 amide bonds. The molecule has 0 spiro atoms. The van der Waals surface area contributed by atoms with Crippen molar-refractivity contribution in [2.75, 3.05) is 0 Å². The third-order valence-electron chi connectivity index (χ3n) is 2.58. The lowest BCUT2D eigenvalue weighted by molar-refractivity contribution is -0.136. The van der Waals surface area contributed by atoms with Gasteiger partial charge in [-0.05, 0) is 38.0 Å². The van der Waals surface area contributed by atoms with Crippen LogP contribution in [0.15, 0.2) is 35.8 Å². The molecule has 1 N–H and O–H groups in total. The highest BCUT2D eigenvalue weighted by atomic mass is 32.2. The second-order valence-corrected chi connectivity index (χ2v) is 5.65. The van der Waals surface area contributed by atoms with Crippen molar-refractivity contribution in [2.24, 2.45) is 0 Å². The Morgan fingerprint density at radius 2 is 1.74 bits per heavy atom. The molecule has 0 fully saturated rings. The summed E-state index contributed by atoms with van der Waals surface area (Å²) in [6.07, 6.45) is 17.6. The van der Waals surface area contributed by atoms with E-state index in [1.807, 2.05) is 11.5 Å². The van der Waals surface area contributed by atoms with E-state index in [0.717, 1.165) is 12.8 Å². The summed E-state index contributed by atoms with van der Waals surface area (Å²) >= 11 is 1.34. The number of rotatable bonds is 11. The van der Waals surface area contributed by atoms with Gasteiger partial charge in [-0.3, -0.25) is 4.79 Å². The number of carboxylic acid groups (broad SMARTS) is 1. The van der Waals surface area contributed by atoms with Crippen molar-refractivity contribution in [1.82, 2.24) is 0 Å². The fourth-order valence-electron chi connectivity index (χ4n) is 1.36. The molecule has 0 aromatic carbocycles. The smallest absolute Gasteiger partial charge is 0.316 e. The van der Waals surface area contributed by atoms with Gasteiger partial charge in [0, 0.05) is 0 Å². The SMILES string of the molecule is CCCCC/C=C\C/C=C\C/C=C\SC(C)C(=O)O. The molecule has 1 unspecified atom stereocenters. The monoisotopic (exact) mass is 282 g/mol. The molecule has 0 saturated carbocycles. The second kappa shape index (κ2) is 13.5. The number of hydrogen-bond acceptors (Lipinski definition) is 2. The van der Waals surface area contributed by atoms with E-state index in [0.29, 0.717) is 0 Å². The predicted octanol–water partition coefficient (Wildman–Crippen LogP) is 5.18. The van der Waals surface area contributed by atoms with Crippen LogP contribution in [0.2, 0.25) is 0 Å². The Morgan fingerprint density at radius 1 is 1.11 bits per heavy atom. The summed E-state index contributed by atoms with van der Waals surface area (Å²) in [5, 5.41) is 10.2. The summed E-state index contributed by atoms with van der Waals surface area (Å²) in [4.78, 5) is 10.6. The molecule has 0 aromatic rings. The first kappa shape index (κ1) is 18.0. The molecule has 19 heavy (non-hydrogen) atoms. The molecule has 0 aliphatic carbocycles. The molecule has 2 nitrogen and oxygen atoms in total. The molecular weight excluding hydrogens is 256 g/mol. The lowest BCUT2D eigenvalue weighted by Crippen LogP contribution is -2.09. The summed E-state index contributed by atoms with van der Waals surface area (Å²) in [5.74, 6) is -0.765. The minimum Gasteiger partial charge on any atom is -0.480 e. The van der Waals surface area contributed by atoms with Gasteiger partial charge in [-0.15, -0.1) is 11.8 Å². The summed E-state index contributed by atoms with van der Waals surface area (Å²) in [6, 6.07) is 0. The standard InChI is InChI=1S/C16H26O2S/c1-3-4-5-6-7-8-9-10-11-12-13-14-19-15(2)16(17)18/h7-8,10-11,13-15H,3-6,9,12H2,1-2H3,(H,17,18)/b8-7-,11-10-,14-13-. The van der Waals surface area contributed by atoms with E-state index in [1.54, 1.807) is 6.92 Å². The number of carbonyl (C=O) groups is 1. The van der Waals surface area contributed by atoms with Crippen LogP contribution in [0, 0.1) is 0 Å². The van der Waals surface area contributed by atoms with E-state index in [2.05, 4.69) is 31.2 Å². The van der Waals surface area contributed by atoms with Crippen LogP contribution in [0.1, 0.15) is 52.4 Å². The second-order valence-electron chi connectivity index (χ2n) is 4.40. The number of allylic oxidation sites excluding steroid dienone is 5. The van der Waals surface area contributed by atoms with E-state index in [4.69, 9.17) is 5.11 Å². The van der Waals surface area contributed by atoms with Gasteiger partial charge in [-0.25, -0.2) is 0 Å². The molecule has 0 saturated heterocycles. The Bertz CT molecular complexity index is 306. The van der Waals surface area contributed by atoms with Crippen LogP contribution < -0.4 is 0 Å². The molecule has 3 heteroatoms. The van der Waals surface area contributed by atoms with Crippen molar-refractivity contribution in [1.29, 1.82) is 0 Å². The van der Waals surface area contributed by atoms with Crippen molar-refractivity contribution in [3.63, 3.8) is 0 Å². The first-order chi connectivity index (χ1) is 9.18. The number of aliphatic carboxylic acids is 1. The van der Waals surface area contributed by atoms with E-state index < -0.39 is 5.97 Å². The zero-order valence-electron chi connectivity index (χ0n) is 12.0. The van der Waals surface area contributed by atoms with Crippen LogP contribution in [0.4, 0.5) is 0 Å². The van der Waals surface area contributed by atoms with Crippen LogP contribution in [0.25, 0.3) is 0 Å². The molecule has 1 atom stereocenters. The highest BCUT2D eigenvalue weighted by Crippen LogP contribution is 2.12. The topological polar surface area (TPSA) is 37.3 Å². The summed E-state index contributed by atoms with van der Waals surface area (Å²) in [7, 11) is 0. The van der Waals surface area contributed by atoms with Gasteiger partial charge in [0.15, 0.2) is 0 Å². The molecule has 0 aliphatic rings. The van der Waals surface area contributed by atoms with Crippen molar-refractivity contribution in [3.8, 4) is 0 Å². The maximum Gasteiger partial charge on any atom is 0.316 e. The van der Waals surface area contributed by atoms with Gasteiger partial charge in [0.2, 0.25) is 0 Å². The fourth-order valence-corrected chi connectivity index (χ4v) is 1.94. The van der Waals surface area contributed by atoms with E-state index in [1.165, 1.54) is 37.4 Å². The summed E-state index contributed by atoms with van der Waals surface area (Å²) in [5.41, 5.74) is 0. The minimum absolute atomic E-state index is 0.369. The largest absolute Gasteiger partial charge is 0.480 e. The molecule has 0 aromatic heterocycles. The van der Waals surface area contributed by atoms with Crippen LogP contribution in [-0.4, -0.2) is 16.3 Å². The average Bonchev–Trinajstić information content (AvgIpc) is 2.39. The Morgan fingerprint density at radius 3 is 2.37 bits per heavy atom. The highest BCUT2D eigenvalue weighted by molar-refractivity contribution is 8.03. The lowest BCUT2D eigenvalue weighted by Gasteiger charge is -1.98. The van der Waals surface area contributed by atoms with Gasteiger partial charge in [-0.2, -0.15) is 0 Å². The van der Waals surface area contributed by atoms with Gasteiger partial charge in [0.1, 0.15) is 5.25 Å². The van der Waals surface area contributed by atoms with Crippen LogP contribution in [0.5, 0.6) is 0 Å². The zero-order chi connectivity index (χ0) is 14.3.